The summed E-state index contributed by atoms with van der Waals surface area (Å²) in [7, 11) is 0. The number of nitrogens with one attached hydrogen (secondary N) is 1. The summed E-state index contributed by atoms with van der Waals surface area (Å²) >= 11 is 0. The summed E-state index contributed by atoms with van der Waals surface area (Å²) in [6, 6.07) is 9.75. The van der Waals surface area contributed by atoms with Gasteiger partial charge >= 0.3 is 6.09 Å². The first-order valence-corrected chi connectivity index (χ1v) is 8.55. The van der Waals surface area contributed by atoms with Crippen molar-refractivity contribution in [1.29, 1.82) is 5.26 Å². The fourth-order valence-corrected chi connectivity index (χ4v) is 3.02. The lowest BCUT2D eigenvalue weighted by Crippen LogP contribution is -2.36. The molecule has 1 aromatic heterocycles. The van der Waals surface area contributed by atoms with Gasteiger partial charge in [-0.05, 0) is 24.5 Å². The molecular formula is C18H21N5O2. The number of nitrogens with zero attached hydrogens (tertiary/aromatic N) is 4. The van der Waals surface area contributed by atoms with Crippen LogP contribution in [0.5, 0.6) is 0 Å². The predicted molar refractivity (Wildman–Crippen MR) is 90.5 cm³/mol. The number of hydrogen-bond donors (Lipinski definition) is 1. The Morgan fingerprint density at radius 3 is 2.92 bits per heavy atom. The molecule has 1 N–H and O–H groups in total. The predicted octanol–water partition coefficient (Wildman–Crippen LogP) is 2.76. The number of carbonyl (C=O) groups is 1. The van der Waals surface area contributed by atoms with Gasteiger partial charge in [0.15, 0.2) is 0 Å². The Balaban J connectivity index is 1.50. The molecule has 2 aromatic rings. The van der Waals surface area contributed by atoms with Gasteiger partial charge in [0.05, 0.1) is 24.4 Å². The third-order valence-electron chi connectivity index (χ3n) is 4.33. The monoisotopic (exact) mass is 339 g/mol. The molecule has 0 bridgehead atoms. The lowest BCUT2D eigenvalue weighted by molar-refractivity contribution is 0.131. The first-order valence-electron chi connectivity index (χ1n) is 8.55. The largest absolute Gasteiger partial charge is 0.443 e. The maximum absolute atomic E-state index is 11.8. The van der Waals surface area contributed by atoms with E-state index in [4.69, 9.17) is 10.00 Å². The summed E-state index contributed by atoms with van der Waals surface area (Å²) in [5, 5.41) is 20.1. The fourth-order valence-electron chi connectivity index (χ4n) is 3.02. The highest BCUT2D eigenvalue weighted by atomic mass is 16.5. The zero-order valence-corrected chi connectivity index (χ0v) is 14.0. The molecule has 130 valence electrons. The number of carbonyl (C=O) groups excluding carboxylic acids is 1. The van der Waals surface area contributed by atoms with Crippen LogP contribution in [0.25, 0.3) is 0 Å². The Kier molecular flexibility index (Phi) is 5.62. The van der Waals surface area contributed by atoms with Crippen molar-refractivity contribution < 1.29 is 9.53 Å². The smallest absolute Gasteiger partial charge is 0.407 e. The molecule has 25 heavy (non-hydrogen) atoms. The second-order valence-corrected chi connectivity index (χ2v) is 6.23. The summed E-state index contributed by atoms with van der Waals surface area (Å²) in [4.78, 5) is 11.8. The van der Waals surface area contributed by atoms with E-state index in [1.54, 1.807) is 16.9 Å². The topological polar surface area (TPSA) is 92.8 Å². The molecular weight excluding hydrogens is 318 g/mol. The van der Waals surface area contributed by atoms with Crippen LogP contribution in [-0.4, -0.2) is 27.1 Å². The molecule has 0 spiro atoms. The van der Waals surface area contributed by atoms with Crippen molar-refractivity contribution in [2.45, 2.75) is 51.3 Å². The van der Waals surface area contributed by atoms with Crippen LogP contribution in [0.2, 0.25) is 0 Å². The van der Waals surface area contributed by atoms with Crippen molar-refractivity contribution in [3.63, 3.8) is 0 Å². The van der Waals surface area contributed by atoms with Gasteiger partial charge in [0, 0.05) is 6.04 Å². The highest BCUT2D eigenvalue weighted by Gasteiger charge is 2.16. The van der Waals surface area contributed by atoms with E-state index in [0.29, 0.717) is 17.8 Å². The van der Waals surface area contributed by atoms with Gasteiger partial charge in [0.25, 0.3) is 0 Å². The third-order valence-corrected chi connectivity index (χ3v) is 4.33. The lowest BCUT2D eigenvalue weighted by Gasteiger charge is -2.22. The van der Waals surface area contributed by atoms with Crippen LogP contribution in [0.15, 0.2) is 30.5 Å². The zero-order chi connectivity index (χ0) is 17.5. The van der Waals surface area contributed by atoms with Gasteiger partial charge in [-0.15, -0.1) is 5.10 Å². The van der Waals surface area contributed by atoms with E-state index in [-0.39, 0.29) is 12.6 Å². The van der Waals surface area contributed by atoms with Crippen molar-refractivity contribution >= 4 is 6.09 Å². The molecule has 1 fully saturated rings. The van der Waals surface area contributed by atoms with Gasteiger partial charge in [-0.25, -0.2) is 9.48 Å². The van der Waals surface area contributed by atoms with E-state index in [2.05, 4.69) is 21.7 Å². The maximum atomic E-state index is 11.8. The van der Waals surface area contributed by atoms with Crippen LogP contribution in [0, 0.1) is 11.3 Å². The van der Waals surface area contributed by atoms with E-state index in [1.807, 2.05) is 18.2 Å². The second-order valence-electron chi connectivity index (χ2n) is 6.23. The Bertz CT molecular complexity index is 759. The Labute approximate surface area is 146 Å². The van der Waals surface area contributed by atoms with E-state index >= 15 is 0 Å². The summed E-state index contributed by atoms with van der Waals surface area (Å²) in [6.07, 6.45) is 6.91. The van der Waals surface area contributed by atoms with Crippen LogP contribution in [0.3, 0.4) is 0 Å². The van der Waals surface area contributed by atoms with Crippen molar-refractivity contribution in [3.8, 4) is 6.07 Å². The first-order chi connectivity index (χ1) is 12.2. The number of rotatable bonds is 5. The molecule has 0 radical (unpaired) electrons. The minimum absolute atomic E-state index is 0.0818. The summed E-state index contributed by atoms with van der Waals surface area (Å²) in [6.45, 7) is 0.531. The summed E-state index contributed by atoms with van der Waals surface area (Å²) in [5.74, 6) is 0. The van der Waals surface area contributed by atoms with E-state index in [9.17, 15) is 4.79 Å². The normalized spacial score (nSPS) is 14.7. The van der Waals surface area contributed by atoms with Crippen LogP contribution in [-0.2, 0) is 17.9 Å². The van der Waals surface area contributed by atoms with E-state index < -0.39 is 6.09 Å². The molecule has 3 rings (SSSR count). The summed E-state index contributed by atoms with van der Waals surface area (Å²) < 4.78 is 6.85. The highest BCUT2D eigenvalue weighted by molar-refractivity contribution is 5.67. The van der Waals surface area contributed by atoms with E-state index in [1.165, 1.54) is 6.42 Å². The molecule has 1 aromatic carbocycles. The van der Waals surface area contributed by atoms with E-state index in [0.717, 1.165) is 31.2 Å². The number of alkyl carbamates (subject to hydrolysis) is 1. The molecule has 7 nitrogen and oxygen atoms in total. The molecule has 1 aliphatic carbocycles. The number of aromatic nitrogens is 3. The molecule has 1 amide bonds. The molecule has 1 saturated carbocycles. The van der Waals surface area contributed by atoms with Gasteiger partial charge in [-0.1, -0.05) is 42.7 Å². The number of ether oxygens (including phenoxy) is 1. The maximum Gasteiger partial charge on any atom is 0.407 e. The summed E-state index contributed by atoms with van der Waals surface area (Å²) in [5.41, 5.74) is 2.06. The molecule has 0 atom stereocenters. The second kappa shape index (κ2) is 8.29. The average molecular weight is 339 g/mol. The quantitative estimate of drug-likeness (QED) is 0.904. The SMILES string of the molecule is N#Cc1ccccc1Cn1cc(COC(=O)NC2CCCCC2)nn1. The fraction of sp³-hybridized carbons (Fsp3) is 0.444. The third kappa shape index (κ3) is 4.80. The Hall–Kier alpha value is -2.88. The molecule has 0 unspecified atom stereocenters. The molecule has 0 saturated heterocycles. The highest BCUT2D eigenvalue weighted by Crippen LogP contribution is 2.17. The standard InChI is InChI=1S/C18H21N5O2/c19-10-14-6-4-5-7-15(14)11-23-12-17(21-22-23)13-25-18(24)20-16-8-2-1-3-9-16/h4-7,12,16H,1-3,8-9,11,13H2,(H,20,24). The van der Waals surface area contributed by atoms with Crippen LogP contribution < -0.4 is 5.32 Å². The van der Waals surface area contributed by atoms with Crippen molar-refractivity contribution in [1.82, 2.24) is 20.3 Å². The molecule has 0 aliphatic heterocycles. The van der Waals surface area contributed by atoms with Crippen LogP contribution >= 0.6 is 0 Å². The van der Waals surface area contributed by atoms with Crippen molar-refractivity contribution in [3.05, 3.63) is 47.3 Å². The van der Waals surface area contributed by atoms with Gasteiger partial charge in [0.2, 0.25) is 0 Å². The number of hydrogen-bond acceptors (Lipinski definition) is 5. The minimum Gasteiger partial charge on any atom is -0.443 e. The molecule has 7 heteroatoms. The van der Waals surface area contributed by atoms with Crippen molar-refractivity contribution in [2.24, 2.45) is 0 Å². The lowest BCUT2D eigenvalue weighted by atomic mass is 9.96. The van der Waals surface area contributed by atoms with Gasteiger partial charge in [-0.3, -0.25) is 0 Å². The van der Waals surface area contributed by atoms with Gasteiger partial charge in [-0.2, -0.15) is 5.26 Å². The van der Waals surface area contributed by atoms with Gasteiger partial charge < -0.3 is 10.1 Å². The van der Waals surface area contributed by atoms with Crippen molar-refractivity contribution in [2.75, 3.05) is 0 Å². The first kappa shape index (κ1) is 17.0. The minimum atomic E-state index is -0.406. The van der Waals surface area contributed by atoms with Crippen LogP contribution in [0.1, 0.15) is 48.9 Å². The zero-order valence-electron chi connectivity index (χ0n) is 14.0. The number of amides is 1. The molecule has 1 aliphatic rings. The average Bonchev–Trinajstić information content (AvgIpc) is 3.09. The van der Waals surface area contributed by atoms with Crippen LogP contribution in [0.4, 0.5) is 4.79 Å². The molecule has 1 heterocycles. The number of nitriles is 1. The Morgan fingerprint density at radius 1 is 1.32 bits per heavy atom. The Morgan fingerprint density at radius 2 is 2.12 bits per heavy atom. The van der Waals surface area contributed by atoms with Gasteiger partial charge in [0.1, 0.15) is 12.3 Å². The number of benzene rings is 1.